The lowest BCUT2D eigenvalue weighted by Crippen LogP contribution is -2.31. The van der Waals surface area contributed by atoms with Gasteiger partial charge in [0.15, 0.2) is 0 Å². The SMILES string of the molecule is CC(C)(C)C1=CCN(c2cccc(N)n2)CC1. The van der Waals surface area contributed by atoms with Gasteiger partial charge >= 0.3 is 0 Å². The highest BCUT2D eigenvalue weighted by atomic mass is 15.2. The first-order chi connectivity index (χ1) is 7.97. The van der Waals surface area contributed by atoms with Crippen LogP contribution in [0.15, 0.2) is 29.8 Å². The minimum Gasteiger partial charge on any atom is -0.384 e. The molecule has 92 valence electrons. The molecule has 0 bridgehead atoms. The largest absolute Gasteiger partial charge is 0.384 e. The molecule has 3 nitrogen and oxygen atoms in total. The predicted molar refractivity (Wildman–Crippen MR) is 73.0 cm³/mol. The molecule has 1 aromatic rings. The average molecular weight is 231 g/mol. The Morgan fingerprint density at radius 1 is 1.29 bits per heavy atom. The maximum absolute atomic E-state index is 5.71. The first-order valence-corrected chi connectivity index (χ1v) is 6.14. The molecule has 0 fully saturated rings. The highest BCUT2D eigenvalue weighted by Crippen LogP contribution is 2.31. The zero-order chi connectivity index (χ0) is 12.5. The fourth-order valence-corrected chi connectivity index (χ4v) is 2.17. The number of nitrogens with zero attached hydrogens (tertiary/aromatic N) is 2. The van der Waals surface area contributed by atoms with Crippen molar-refractivity contribution in [3.05, 3.63) is 29.8 Å². The molecule has 1 aliphatic heterocycles. The van der Waals surface area contributed by atoms with Gasteiger partial charge in [0.25, 0.3) is 0 Å². The maximum Gasteiger partial charge on any atom is 0.131 e. The van der Waals surface area contributed by atoms with Crippen LogP contribution in [-0.4, -0.2) is 18.1 Å². The van der Waals surface area contributed by atoms with E-state index in [1.54, 1.807) is 0 Å². The Hall–Kier alpha value is -1.51. The van der Waals surface area contributed by atoms with Crippen LogP contribution in [0, 0.1) is 5.41 Å². The van der Waals surface area contributed by atoms with Gasteiger partial charge in [-0.2, -0.15) is 0 Å². The number of aromatic nitrogens is 1. The van der Waals surface area contributed by atoms with Crippen molar-refractivity contribution >= 4 is 11.6 Å². The summed E-state index contributed by atoms with van der Waals surface area (Å²) in [7, 11) is 0. The molecule has 0 saturated carbocycles. The summed E-state index contributed by atoms with van der Waals surface area (Å²) in [6.45, 7) is 8.77. The summed E-state index contributed by atoms with van der Waals surface area (Å²) >= 11 is 0. The summed E-state index contributed by atoms with van der Waals surface area (Å²) in [5.74, 6) is 1.57. The number of nitrogens with two attached hydrogens (primary N) is 1. The third-order valence-electron chi connectivity index (χ3n) is 3.25. The molecule has 2 N–H and O–H groups in total. The number of anilines is 2. The zero-order valence-electron chi connectivity index (χ0n) is 10.9. The van der Waals surface area contributed by atoms with Gasteiger partial charge in [0.05, 0.1) is 0 Å². The molecule has 2 heterocycles. The van der Waals surface area contributed by atoms with Gasteiger partial charge in [0.2, 0.25) is 0 Å². The molecule has 3 heteroatoms. The lowest BCUT2D eigenvalue weighted by Gasteiger charge is -2.32. The number of rotatable bonds is 1. The molecule has 0 unspecified atom stereocenters. The first-order valence-electron chi connectivity index (χ1n) is 6.14. The van der Waals surface area contributed by atoms with Crippen LogP contribution in [0.2, 0.25) is 0 Å². The number of hydrogen-bond acceptors (Lipinski definition) is 3. The minimum atomic E-state index is 0.287. The van der Waals surface area contributed by atoms with E-state index in [1.165, 1.54) is 5.57 Å². The summed E-state index contributed by atoms with van der Waals surface area (Å²) in [5.41, 5.74) is 7.54. The molecular weight excluding hydrogens is 210 g/mol. The Kier molecular flexibility index (Phi) is 3.09. The number of nitrogen functional groups attached to an aromatic ring is 1. The van der Waals surface area contributed by atoms with Gasteiger partial charge < -0.3 is 10.6 Å². The van der Waals surface area contributed by atoms with Crippen molar-refractivity contribution in [1.82, 2.24) is 4.98 Å². The zero-order valence-corrected chi connectivity index (χ0v) is 10.9. The summed E-state index contributed by atoms with van der Waals surface area (Å²) in [4.78, 5) is 6.63. The Morgan fingerprint density at radius 3 is 2.59 bits per heavy atom. The monoisotopic (exact) mass is 231 g/mol. The van der Waals surface area contributed by atoms with E-state index in [-0.39, 0.29) is 5.41 Å². The van der Waals surface area contributed by atoms with Crippen LogP contribution < -0.4 is 10.6 Å². The van der Waals surface area contributed by atoms with Crippen LogP contribution in [0.25, 0.3) is 0 Å². The number of pyridine rings is 1. The second kappa shape index (κ2) is 4.40. The van der Waals surface area contributed by atoms with Crippen LogP contribution in [0.3, 0.4) is 0 Å². The summed E-state index contributed by atoms with van der Waals surface area (Å²) in [5, 5.41) is 0. The molecule has 0 amide bonds. The fourth-order valence-electron chi connectivity index (χ4n) is 2.17. The van der Waals surface area contributed by atoms with Crippen LogP contribution in [0.5, 0.6) is 0 Å². The Morgan fingerprint density at radius 2 is 2.06 bits per heavy atom. The smallest absolute Gasteiger partial charge is 0.131 e. The molecule has 0 atom stereocenters. The standard InChI is InChI=1S/C14H21N3/c1-14(2,3)11-7-9-17(10-8-11)13-6-4-5-12(15)16-13/h4-7H,8-10H2,1-3H3,(H2,15,16). The van der Waals surface area contributed by atoms with E-state index in [1.807, 2.05) is 18.2 Å². The molecule has 0 saturated heterocycles. The van der Waals surface area contributed by atoms with Crippen LogP contribution in [-0.2, 0) is 0 Å². The van der Waals surface area contributed by atoms with Gasteiger partial charge in [0, 0.05) is 13.1 Å². The maximum atomic E-state index is 5.71. The molecule has 0 spiro atoms. The second-order valence-corrected chi connectivity index (χ2v) is 5.60. The van der Waals surface area contributed by atoms with E-state index in [0.717, 1.165) is 25.3 Å². The molecule has 0 aliphatic carbocycles. The van der Waals surface area contributed by atoms with Crippen molar-refractivity contribution in [3.63, 3.8) is 0 Å². The van der Waals surface area contributed by atoms with E-state index in [4.69, 9.17) is 5.73 Å². The van der Waals surface area contributed by atoms with Crippen molar-refractivity contribution in [2.45, 2.75) is 27.2 Å². The normalized spacial score (nSPS) is 16.9. The van der Waals surface area contributed by atoms with E-state index >= 15 is 0 Å². The third kappa shape index (κ3) is 2.78. The van der Waals surface area contributed by atoms with Gasteiger partial charge in [-0.05, 0) is 24.0 Å². The molecule has 0 radical (unpaired) electrons. The van der Waals surface area contributed by atoms with E-state index < -0.39 is 0 Å². The summed E-state index contributed by atoms with van der Waals surface area (Å²) < 4.78 is 0. The topological polar surface area (TPSA) is 42.1 Å². The third-order valence-corrected chi connectivity index (χ3v) is 3.25. The van der Waals surface area contributed by atoms with Crippen LogP contribution >= 0.6 is 0 Å². The molecule has 17 heavy (non-hydrogen) atoms. The van der Waals surface area contributed by atoms with Gasteiger partial charge in [-0.3, -0.25) is 0 Å². The minimum absolute atomic E-state index is 0.287. The lowest BCUT2D eigenvalue weighted by atomic mass is 9.83. The molecule has 0 aromatic carbocycles. The molecule has 1 aliphatic rings. The first kappa shape index (κ1) is 12.0. The van der Waals surface area contributed by atoms with Crippen molar-refractivity contribution in [2.24, 2.45) is 5.41 Å². The average Bonchev–Trinajstić information content (AvgIpc) is 2.28. The van der Waals surface area contributed by atoms with E-state index in [2.05, 4.69) is 36.7 Å². The summed E-state index contributed by atoms with van der Waals surface area (Å²) in [6, 6.07) is 5.80. The van der Waals surface area contributed by atoms with Gasteiger partial charge in [-0.1, -0.05) is 38.5 Å². The Labute approximate surface area is 103 Å². The quantitative estimate of drug-likeness (QED) is 0.756. The van der Waals surface area contributed by atoms with Gasteiger partial charge in [0.1, 0.15) is 11.6 Å². The number of hydrogen-bond donors (Lipinski definition) is 1. The van der Waals surface area contributed by atoms with Crippen molar-refractivity contribution in [3.8, 4) is 0 Å². The Balaban J connectivity index is 2.12. The lowest BCUT2D eigenvalue weighted by molar-refractivity contribution is 0.472. The van der Waals surface area contributed by atoms with E-state index in [9.17, 15) is 0 Å². The van der Waals surface area contributed by atoms with Crippen LogP contribution in [0.4, 0.5) is 11.6 Å². The van der Waals surface area contributed by atoms with Crippen molar-refractivity contribution < 1.29 is 0 Å². The summed E-state index contributed by atoms with van der Waals surface area (Å²) in [6.07, 6.45) is 3.44. The van der Waals surface area contributed by atoms with Gasteiger partial charge in [-0.15, -0.1) is 0 Å². The van der Waals surface area contributed by atoms with E-state index in [0.29, 0.717) is 5.82 Å². The second-order valence-electron chi connectivity index (χ2n) is 5.60. The highest BCUT2D eigenvalue weighted by molar-refractivity contribution is 5.46. The molecule has 2 rings (SSSR count). The highest BCUT2D eigenvalue weighted by Gasteiger charge is 2.21. The Bertz CT molecular complexity index is 429. The van der Waals surface area contributed by atoms with Crippen LogP contribution in [0.1, 0.15) is 27.2 Å². The van der Waals surface area contributed by atoms with Gasteiger partial charge in [-0.25, -0.2) is 4.98 Å². The van der Waals surface area contributed by atoms with Crippen molar-refractivity contribution in [2.75, 3.05) is 23.7 Å². The predicted octanol–water partition coefficient (Wildman–Crippen LogP) is 2.85. The van der Waals surface area contributed by atoms with Crippen molar-refractivity contribution in [1.29, 1.82) is 0 Å². The molecular formula is C14H21N3. The fraction of sp³-hybridized carbons (Fsp3) is 0.500. The molecule has 1 aromatic heterocycles.